The highest BCUT2D eigenvalue weighted by Crippen LogP contribution is 2.42. The van der Waals surface area contributed by atoms with Crippen molar-refractivity contribution < 1.29 is 23.1 Å². The van der Waals surface area contributed by atoms with E-state index in [-0.39, 0.29) is 35.3 Å². The van der Waals surface area contributed by atoms with E-state index in [1.54, 1.807) is 23.1 Å². The number of aromatic amines is 1. The smallest absolute Gasteiger partial charge is 0.225 e. The van der Waals surface area contributed by atoms with Gasteiger partial charge in [0, 0.05) is 30.1 Å². The number of aliphatic hydroxyl groups is 1. The molecule has 0 aliphatic heterocycles. The number of carbonyl (C=O) groups excluding carboxylic acids is 1. The summed E-state index contributed by atoms with van der Waals surface area (Å²) < 4.78 is 39.4. The van der Waals surface area contributed by atoms with Crippen LogP contribution in [0.15, 0.2) is 42.5 Å². The van der Waals surface area contributed by atoms with Crippen LogP contribution >= 0.6 is 0 Å². The lowest BCUT2D eigenvalue weighted by atomic mass is 9.84. The summed E-state index contributed by atoms with van der Waals surface area (Å²) in [4.78, 5) is 16.4. The Balaban J connectivity index is 0.000000158. The molecule has 0 bridgehead atoms. The van der Waals surface area contributed by atoms with Gasteiger partial charge < -0.3 is 15.0 Å². The second-order valence-electron chi connectivity index (χ2n) is 8.45. The molecule has 164 valence electrons. The van der Waals surface area contributed by atoms with E-state index in [4.69, 9.17) is 5.11 Å². The summed E-state index contributed by atoms with van der Waals surface area (Å²) in [6, 6.07) is 9.50. The lowest BCUT2D eigenvalue weighted by molar-refractivity contribution is -0.140. The van der Waals surface area contributed by atoms with Gasteiger partial charge in [0.1, 0.15) is 17.5 Å². The number of rotatable bonds is 4. The molecular weight excluding hydrogens is 405 g/mol. The Morgan fingerprint density at radius 3 is 2.32 bits per heavy atom. The number of hydrogen-bond donors (Lipinski definition) is 2. The number of nitrogens with zero attached hydrogens (tertiary/aromatic N) is 1. The number of H-pyrrole nitrogens is 1. The summed E-state index contributed by atoms with van der Waals surface area (Å²) in [5, 5.41) is 9.61. The fourth-order valence-electron chi connectivity index (χ4n) is 3.86. The van der Waals surface area contributed by atoms with E-state index in [0.29, 0.717) is 16.6 Å². The highest BCUT2D eigenvalue weighted by molar-refractivity contribution is 5.86. The fourth-order valence-corrected chi connectivity index (χ4v) is 3.86. The van der Waals surface area contributed by atoms with Gasteiger partial charge in [0.2, 0.25) is 5.91 Å². The number of fused-ring (bicyclic) bond motifs is 1. The Bertz CT molecular complexity index is 1090. The number of aromatic nitrogens is 1. The number of likely N-dealkylation sites (N-methyl/N-ethyl adjacent to an activating group) is 1. The molecular formula is C24H25F3N2O2. The van der Waals surface area contributed by atoms with E-state index in [1.807, 2.05) is 7.05 Å². The molecule has 2 aliphatic rings. The van der Waals surface area contributed by atoms with Crippen molar-refractivity contribution in [2.24, 2.45) is 5.92 Å². The van der Waals surface area contributed by atoms with Crippen LogP contribution in [0, 0.1) is 23.4 Å². The van der Waals surface area contributed by atoms with Gasteiger partial charge in [0.15, 0.2) is 0 Å². The summed E-state index contributed by atoms with van der Waals surface area (Å²) in [7, 11) is 1.84. The minimum atomic E-state index is -0.640. The number of halogens is 3. The lowest BCUT2D eigenvalue weighted by Crippen LogP contribution is -2.45. The van der Waals surface area contributed by atoms with Gasteiger partial charge in [-0.15, -0.1) is 0 Å². The summed E-state index contributed by atoms with van der Waals surface area (Å²) >= 11 is 0. The molecule has 5 rings (SSSR count). The summed E-state index contributed by atoms with van der Waals surface area (Å²) in [6.07, 6.45) is 5.22. The van der Waals surface area contributed by atoms with Crippen LogP contribution in [-0.4, -0.2) is 40.1 Å². The molecule has 2 fully saturated rings. The molecule has 0 spiro atoms. The van der Waals surface area contributed by atoms with Gasteiger partial charge >= 0.3 is 0 Å². The predicted molar refractivity (Wildman–Crippen MR) is 113 cm³/mol. The Kier molecular flexibility index (Phi) is 5.79. The van der Waals surface area contributed by atoms with Crippen molar-refractivity contribution in [2.45, 2.75) is 37.6 Å². The first-order valence-electron chi connectivity index (χ1n) is 10.5. The normalized spacial score (nSPS) is 16.9. The first kappa shape index (κ1) is 21.4. The molecule has 3 aromatic rings. The lowest BCUT2D eigenvalue weighted by Gasteiger charge is -2.33. The first-order valence-corrected chi connectivity index (χ1v) is 10.5. The van der Waals surface area contributed by atoms with E-state index < -0.39 is 11.6 Å². The zero-order chi connectivity index (χ0) is 22.2. The molecule has 0 atom stereocenters. The fraction of sp³-hybridized carbons (Fsp3) is 0.375. The summed E-state index contributed by atoms with van der Waals surface area (Å²) in [5.41, 5.74) is 1.41. The largest absolute Gasteiger partial charge is 0.394 e. The number of aliphatic hydroxyl groups excluding tert-OH is 1. The van der Waals surface area contributed by atoms with Gasteiger partial charge in [-0.05, 0) is 67.6 Å². The highest BCUT2D eigenvalue weighted by Gasteiger charge is 2.49. The van der Waals surface area contributed by atoms with Gasteiger partial charge in [-0.3, -0.25) is 4.79 Å². The third-order valence-electron chi connectivity index (χ3n) is 6.42. The van der Waals surface area contributed by atoms with Crippen molar-refractivity contribution in [3.05, 3.63) is 59.9 Å². The zero-order valence-corrected chi connectivity index (χ0v) is 17.3. The summed E-state index contributed by atoms with van der Waals surface area (Å²) in [5.74, 6) is -1.10. The number of amides is 1. The average Bonchev–Trinajstić information content (AvgIpc) is 3.39. The minimum Gasteiger partial charge on any atom is -0.394 e. The molecule has 0 unspecified atom stereocenters. The van der Waals surface area contributed by atoms with Crippen molar-refractivity contribution in [1.82, 2.24) is 9.88 Å². The van der Waals surface area contributed by atoms with Gasteiger partial charge in [-0.25, -0.2) is 13.2 Å². The van der Waals surface area contributed by atoms with E-state index >= 15 is 0 Å². The number of benzene rings is 2. The van der Waals surface area contributed by atoms with E-state index in [9.17, 15) is 18.0 Å². The standard InChI is InChI=1S/C14H8F3N.C10H17NO2/c15-10-3-1-8(2-4-10)13-6-9-5-11(16)7-12(17)14(9)18-13;1-11(10(7-12)5-6-10)9(13)8-3-2-4-8/h1-7,18H;8,12H,2-7H2,1H3. The Morgan fingerprint density at radius 2 is 1.77 bits per heavy atom. The quantitative estimate of drug-likeness (QED) is 0.611. The molecule has 1 aromatic heterocycles. The maximum atomic E-state index is 13.5. The molecule has 31 heavy (non-hydrogen) atoms. The molecule has 2 N–H and O–H groups in total. The molecule has 2 saturated carbocycles. The predicted octanol–water partition coefficient (Wildman–Crippen LogP) is 5.02. The van der Waals surface area contributed by atoms with Crippen LogP contribution in [0.25, 0.3) is 22.2 Å². The molecule has 0 radical (unpaired) electrons. The monoisotopic (exact) mass is 430 g/mol. The molecule has 2 aromatic carbocycles. The van der Waals surface area contributed by atoms with E-state index in [2.05, 4.69) is 4.98 Å². The van der Waals surface area contributed by atoms with Gasteiger partial charge in [0.25, 0.3) is 0 Å². The van der Waals surface area contributed by atoms with Crippen molar-refractivity contribution in [2.75, 3.05) is 13.7 Å². The van der Waals surface area contributed by atoms with Gasteiger partial charge in [-0.2, -0.15) is 0 Å². The summed E-state index contributed by atoms with van der Waals surface area (Å²) in [6.45, 7) is 0.127. The topological polar surface area (TPSA) is 56.3 Å². The van der Waals surface area contributed by atoms with Crippen molar-refractivity contribution in [1.29, 1.82) is 0 Å². The maximum absolute atomic E-state index is 13.5. The molecule has 2 aliphatic carbocycles. The van der Waals surface area contributed by atoms with Crippen molar-refractivity contribution in [3.63, 3.8) is 0 Å². The van der Waals surface area contributed by atoms with Crippen LogP contribution in [0.1, 0.15) is 32.1 Å². The molecule has 4 nitrogen and oxygen atoms in total. The van der Waals surface area contributed by atoms with Crippen LogP contribution in [0.2, 0.25) is 0 Å². The SMILES string of the molecule is CN(C(=O)C1CCC1)C1(CO)CC1.Fc1ccc(-c2cc3cc(F)cc(F)c3[nH]2)cc1. The van der Waals surface area contributed by atoms with E-state index in [1.165, 1.54) is 24.6 Å². The third kappa shape index (κ3) is 4.32. The number of hydrogen-bond acceptors (Lipinski definition) is 2. The second kappa shape index (κ2) is 8.38. The van der Waals surface area contributed by atoms with Crippen LogP contribution < -0.4 is 0 Å². The number of carbonyl (C=O) groups is 1. The Morgan fingerprint density at radius 1 is 1.10 bits per heavy atom. The molecule has 7 heteroatoms. The Hall–Kier alpha value is -2.80. The van der Waals surface area contributed by atoms with Gasteiger partial charge in [-0.1, -0.05) is 6.42 Å². The molecule has 1 heterocycles. The van der Waals surface area contributed by atoms with Crippen LogP contribution in [-0.2, 0) is 4.79 Å². The third-order valence-corrected chi connectivity index (χ3v) is 6.42. The van der Waals surface area contributed by atoms with Gasteiger partial charge in [0.05, 0.1) is 17.7 Å². The van der Waals surface area contributed by atoms with Crippen molar-refractivity contribution >= 4 is 16.8 Å². The van der Waals surface area contributed by atoms with Crippen molar-refractivity contribution in [3.8, 4) is 11.3 Å². The first-order chi connectivity index (χ1) is 14.8. The average molecular weight is 430 g/mol. The molecule has 1 amide bonds. The van der Waals surface area contributed by atoms with E-state index in [0.717, 1.165) is 31.7 Å². The second-order valence-corrected chi connectivity index (χ2v) is 8.45. The Labute approximate surface area is 178 Å². The molecule has 0 saturated heterocycles. The number of nitrogens with one attached hydrogen (secondary N) is 1. The highest BCUT2D eigenvalue weighted by atomic mass is 19.1. The van der Waals surface area contributed by atoms with Crippen LogP contribution in [0.3, 0.4) is 0 Å². The maximum Gasteiger partial charge on any atom is 0.225 e. The zero-order valence-electron chi connectivity index (χ0n) is 17.3. The minimum absolute atomic E-state index is 0.127. The van der Waals surface area contributed by atoms with Crippen LogP contribution in [0.5, 0.6) is 0 Å². The van der Waals surface area contributed by atoms with Crippen LogP contribution in [0.4, 0.5) is 13.2 Å².